The first-order chi connectivity index (χ1) is 13.2. The fourth-order valence-corrected chi connectivity index (χ4v) is 5.23. The molecular formula is C21H23Cl2N3O. The van der Waals surface area contributed by atoms with Crippen molar-refractivity contribution < 1.29 is 4.74 Å². The molecule has 1 fully saturated rings. The molecule has 6 heteroatoms. The van der Waals surface area contributed by atoms with Crippen molar-refractivity contribution in [2.75, 3.05) is 36.5 Å². The Bertz CT molecular complexity index is 873. The maximum Gasteiger partial charge on any atom is 0.0738 e. The van der Waals surface area contributed by atoms with Gasteiger partial charge in [0, 0.05) is 58.6 Å². The van der Waals surface area contributed by atoms with Crippen LogP contribution in [0.4, 0.5) is 11.4 Å². The summed E-state index contributed by atoms with van der Waals surface area (Å²) in [5.74, 6) is 0.562. The van der Waals surface area contributed by atoms with Gasteiger partial charge in [0.15, 0.2) is 0 Å². The third kappa shape index (κ3) is 3.19. The molecule has 0 radical (unpaired) electrons. The smallest absolute Gasteiger partial charge is 0.0738 e. The SMILES string of the molecule is Clc1ccc(CNc2cc3c4c(c2)[C@@H]2CNCC[C@@H]2N4CCOC3)c(Cl)c1. The van der Waals surface area contributed by atoms with Gasteiger partial charge in [-0.1, -0.05) is 29.3 Å². The normalized spacial score (nSPS) is 23.6. The van der Waals surface area contributed by atoms with Crippen LogP contribution in [0.25, 0.3) is 0 Å². The third-order valence-corrected chi connectivity index (χ3v) is 6.57. The van der Waals surface area contributed by atoms with Crippen molar-refractivity contribution in [2.24, 2.45) is 0 Å². The van der Waals surface area contributed by atoms with Gasteiger partial charge >= 0.3 is 0 Å². The molecule has 2 aromatic rings. The van der Waals surface area contributed by atoms with E-state index in [-0.39, 0.29) is 0 Å². The van der Waals surface area contributed by atoms with Gasteiger partial charge in [-0.2, -0.15) is 0 Å². The minimum atomic E-state index is 0.562. The van der Waals surface area contributed by atoms with E-state index in [0.29, 0.717) is 35.2 Å². The number of nitrogens with one attached hydrogen (secondary N) is 2. The summed E-state index contributed by atoms with van der Waals surface area (Å²) in [6, 6.07) is 10.8. The molecule has 0 bridgehead atoms. The van der Waals surface area contributed by atoms with E-state index in [2.05, 4.69) is 27.7 Å². The number of nitrogens with zero attached hydrogens (tertiary/aromatic N) is 1. The van der Waals surface area contributed by atoms with Gasteiger partial charge in [0.05, 0.1) is 13.2 Å². The molecule has 0 aliphatic carbocycles. The van der Waals surface area contributed by atoms with Gasteiger partial charge in [-0.15, -0.1) is 0 Å². The number of fused-ring (bicyclic) bond motifs is 3. The van der Waals surface area contributed by atoms with Crippen LogP contribution in [0.15, 0.2) is 30.3 Å². The largest absolute Gasteiger partial charge is 0.381 e. The predicted molar refractivity (Wildman–Crippen MR) is 111 cm³/mol. The molecule has 0 amide bonds. The summed E-state index contributed by atoms with van der Waals surface area (Å²) in [5.41, 5.74) is 6.35. The van der Waals surface area contributed by atoms with Crippen molar-refractivity contribution in [1.82, 2.24) is 5.32 Å². The minimum absolute atomic E-state index is 0.562. The Hall–Kier alpha value is -1.46. The van der Waals surface area contributed by atoms with Gasteiger partial charge in [-0.25, -0.2) is 0 Å². The zero-order valence-electron chi connectivity index (χ0n) is 15.1. The number of benzene rings is 2. The minimum Gasteiger partial charge on any atom is -0.381 e. The Morgan fingerprint density at radius 2 is 2.15 bits per heavy atom. The van der Waals surface area contributed by atoms with E-state index in [1.807, 2.05) is 12.1 Å². The summed E-state index contributed by atoms with van der Waals surface area (Å²) in [4.78, 5) is 2.60. The lowest BCUT2D eigenvalue weighted by Gasteiger charge is -2.33. The highest BCUT2D eigenvalue weighted by Crippen LogP contribution is 2.47. The molecule has 0 saturated carbocycles. The zero-order valence-corrected chi connectivity index (χ0v) is 16.6. The Kier molecular flexibility index (Phi) is 4.68. The molecule has 2 atom stereocenters. The lowest BCUT2D eigenvalue weighted by molar-refractivity contribution is 0.130. The molecule has 1 saturated heterocycles. The Balaban J connectivity index is 1.46. The summed E-state index contributed by atoms with van der Waals surface area (Å²) in [6.45, 7) is 5.30. The standard InChI is InChI=1S/C21H23Cl2N3O/c22-15-2-1-13(19(23)8-15)10-25-16-7-14-12-27-6-5-26-20-3-4-24-11-18(20)17(9-16)21(14)26/h1-2,7-9,18,20,24-25H,3-6,10-12H2/t18-,20-/m0/s1. The van der Waals surface area contributed by atoms with Gasteiger partial charge < -0.3 is 20.3 Å². The maximum absolute atomic E-state index is 6.33. The molecule has 0 aromatic heterocycles. The van der Waals surface area contributed by atoms with E-state index < -0.39 is 0 Å². The first-order valence-corrected chi connectivity index (χ1v) is 10.4. The molecular weight excluding hydrogens is 381 g/mol. The average molecular weight is 404 g/mol. The van der Waals surface area contributed by atoms with E-state index in [0.717, 1.165) is 37.5 Å². The second kappa shape index (κ2) is 7.17. The van der Waals surface area contributed by atoms with Crippen LogP contribution in [-0.2, 0) is 17.9 Å². The van der Waals surface area contributed by atoms with E-state index in [9.17, 15) is 0 Å². The van der Waals surface area contributed by atoms with Crippen LogP contribution < -0.4 is 15.5 Å². The number of anilines is 2. The number of rotatable bonds is 3. The van der Waals surface area contributed by atoms with Gasteiger partial charge in [-0.3, -0.25) is 0 Å². The van der Waals surface area contributed by atoms with Gasteiger partial charge in [-0.05, 0) is 48.4 Å². The van der Waals surface area contributed by atoms with Crippen LogP contribution >= 0.6 is 23.2 Å². The highest BCUT2D eigenvalue weighted by molar-refractivity contribution is 6.35. The number of piperidine rings is 1. The van der Waals surface area contributed by atoms with E-state index >= 15 is 0 Å². The quantitative estimate of drug-likeness (QED) is 0.795. The van der Waals surface area contributed by atoms with Crippen molar-refractivity contribution in [3.63, 3.8) is 0 Å². The topological polar surface area (TPSA) is 36.5 Å². The Morgan fingerprint density at radius 1 is 1.22 bits per heavy atom. The molecule has 3 heterocycles. The summed E-state index contributed by atoms with van der Waals surface area (Å²) in [5, 5.41) is 8.49. The number of hydrogen-bond acceptors (Lipinski definition) is 4. The van der Waals surface area contributed by atoms with Gasteiger partial charge in [0.1, 0.15) is 0 Å². The molecule has 27 heavy (non-hydrogen) atoms. The first-order valence-electron chi connectivity index (χ1n) is 9.60. The summed E-state index contributed by atoms with van der Waals surface area (Å²) in [6.07, 6.45) is 1.20. The monoisotopic (exact) mass is 403 g/mol. The highest BCUT2D eigenvalue weighted by Gasteiger charge is 2.41. The predicted octanol–water partition coefficient (Wildman–Crippen LogP) is 4.40. The molecule has 5 rings (SSSR count). The molecule has 4 nitrogen and oxygen atoms in total. The number of halogens is 2. The second-order valence-corrected chi connectivity index (χ2v) is 8.42. The van der Waals surface area contributed by atoms with Crippen molar-refractivity contribution in [1.29, 1.82) is 0 Å². The van der Waals surface area contributed by atoms with Crippen LogP contribution in [-0.4, -0.2) is 32.3 Å². The van der Waals surface area contributed by atoms with E-state index in [1.54, 1.807) is 6.07 Å². The molecule has 2 N–H and O–H groups in total. The summed E-state index contributed by atoms with van der Waals surface area (Å²) < 4.78 is 5.89. The van der Waals surface area contributed by atoms with Crippen molar-refractivity contribution in [2.45, 2.75) is 31.5 Å². The lowest BCUT2D eigenvalue weighted by Crippen LogP contribution is -2.44. The van der Waals surface area contributed by atoms with E-state index in [1.165, 1.54) is 23.2 Å². The molecule has 0 unspecified atom stereocenters. The van der Waals surface area contributed by atoms with Gasteiger partial charge in [0.25, 0.3) is 0 Å². The van der Waals surface area contributed by atoms with Gasteiger partial charge in [0.2, 0.25) is 0 Å². The van der Waals surface area contributed by atoms with Crippen LogP contribution in [0.2, 0.25) is 10.0 Å². The third-order valence-electron chi connectivity index (χ3n) is 5.98. The molecule has 2 aromatic carbocycles. The average Bonchev–Trinajstić information content (AvgIpc) is 2.83. The zero-order chi connectivity index (χ0) is 18.4. The summed E-state index contributed by atoms with van der Waals surface area (Å²) in [7, 11) is 0. The van der Waals surface area contributed by atoms with E-state index in [4.69, 9.17) is 27.9 Å². The number of hydrogen-bond donors (Lipinski definition) is 2. The second-order valence-electron chi connectivity index (χ2n) is 7.58. The Labute approximate surface area is 169 Å². The fraction of sp³-hybridized carbons (Fsp3) is 0.429. The highest BCUT2D eigenvalue weighted by atomic mass is 35.5. The van der Waals surface area contributed by atoms with Crippen LogP contribution in [0, 0.1) is 0 Å². The van der Waals surface area contributed by atoms with Crippen molar-refractivity contribution in [3.8, 4) is 0 Å². The maximum atomic E-state index is 6.33. The molecule has 3 aliphatic rings. The molecule has 142 valence electrons. The fourth-order valence-electron chi connectivity index (χ4n) is 4.75. The van der Waals surface area contributed by atoms with Crippen molar-refractivity contribution >= 4 is 34.6 Å². The van der Waals surface area contributed by atoms with Crippen LogP contribution in [0.3, 0.4) is 0 Å². The van der Waals surface area contributed by atoms with Crippen LogP contribution in [0.5, 0.6) is 0 Å². The Morgan fingerprint density at radius 3 is 3.04 bits per heavy atom. The molecule has 3 aliphatic heterocycles. The molecule has 0 spiro atoms. The number of ether oxygens (including phenoxy) is 1. The van der Waals surface area contributed by atoms with Crippen LogP contribution in [0.1, 0.15) is 29.0 Å². The lowest BCUT2D eigenvalue weighted by atomic mass is 9.89. The first kappa shape index (κ1) is 17.6. The summed E-state index contributed by atoms with van der Waals surface area (Å²) >= 11 is 12.3. The van der Waals surface area contributed by atoms with Crippen molar-refractivity contribution in [3.05, 3.63) is 57.1 Å².